The summed E-state index contributed by atoms with van der Waals surface area (Å²) >= 11 is 5.77. The quantitative estimate of drug-likeness (QED) is 0.271. The molecule has 4 N–H and O–H groups in total. The van der Waals surface area contributed by atoms with E-state index in [0.717, 1.165) is 42.5 Å². The Morgan fingerprint density at radius 1 is 0.767 bits per heavy atom. The van der Waals surface area contributed by atoms with Crippen LogP contribution in [-0.4, -0.2) is 34.4 Å². The first kappa shape index (κ1) is 22.3. The Labute approximate surface area is 176 Å². The van der Waals surface area contributed by atoms with Crippen LogP contribution in [0.25, 0.3) is 10.8 Å². The number of hydrogen-bond donors (Lipinski definition) is 3. The number of halogens is 1. The second-order valence-electron chi connectivity index (χ2n) is 5.94. The second-order valence-corrected chi connectivity index (χ2v) is 10.7. The molecule has 160 valence electrons. The summed E-state index contributed by atoms with van der Waals surface area (Å²) in [4.78, 5) is -1.74. The van der Waals surface area contributed by atoms with E-state index in [9.17, 15) is 34.4 Å². The third kappa shape index (κ3) is 4.35. The fraction of sp³-hybridized carbons (Fsp3) is 0. The molecule has 0 saturated heterocycles. The minimum Gasteiger partial charge on any atom is -0.397 e. The van der Waals surface area contributed by atoms with Gasteiger partial charge >= 0.3 is 10.1 Å². The van der Waals surface area contributed by atoms with Gasteiger partial charge in [-0.25, -0.2) is 0 Å². The van der Waals surface area contributed by atoms with Crippen LogP contribution < -0.4 is 9.92 Å². The molecule has 3 aromatic rings. The Morgan fingerprint density at radius 2 is 1.40 bits per heavy atom. The number of fused-ring (bicyclic) bond motifs is 1. The van der Waals surface area contributed by atoms with E-state index >= 15 is 0 Å². The van der Waals surface area contributed by atoms with Gasteiger partial charge in [0.1, 0.15) is 9.79 Å². The van der Waals surface area contributed by atoms with E-state index in [1.807, 2.05) is 0 Å². The molecule has 0 aromatic heterocycles. The molecule has 0 radical (unpaired) electrons. The monoisotopic (exact) mass is 493 g/mol. The van der Waals surface area contributed by atoms with Gasteiger partial charge in [-0.1, -0.05) is 11.6 Å². The number of anilines is 1. The van der Waals surface area contributed by atoms with E-state index in [1.54, 1.807) is 0 Å². The molecule has 30 heavy (non-hydrogen) atoms. The Kier molecular flexibility index (Phi) is 5.47. The molecule has 0 heterocycles. The molecule has 0 amide bonds. The molecular formula is C16H12ClNO9S3. The van der Waals surface area contributed by atoms with Gasteiger partial charge in [-0.2, -0.15) is 25.3 Å². The second kappa shape index (κ2) is 7.37. The zero-order valence-electron chi connectivity index (χ0n) is 14.6. The molecule has 3 aromatic carbocycles. The average Bonchev–Trinajstić information content (AvgIpc) is 2.61. The zero-order chi connectivity index (χ0) is 22.5. The third-order valence-electron chi connectivity index (χ3n) is 3.94. The van der Waals surface area contributed by atoms with Crippen LogP contribution in [0.1, 0.15) is 0 Å². The maximum Gasteiger partial charge on any atom is 0.339 e. The van der Waals surface area contributed by atoms with Crippen LogP contribution in [0.3, 0.4) is 0 Å². The van der Waals surface area contributed by atoms with Crippen LogP contribution in [0, 0.1) is 0 Å². The van der Waals surface area contributed by atoms with Crippen molar-refractivity contribution in [1.82, 2.24) is 0 Å². The number of rotatable bonds is 5. The average molecular weight is 494 g/mol. The van der Waals surface area contributed by atoms with E-state index < -0.39 is 45.5 Å². The van der Waals surface area contributed by atoms with Crippen molar-refractivity contribution in [3.05, 3.63) is 53.6 Å². The number of hydrogen-bond acceptors (Lipinski definition) is 8. The predicted molar refractivity (Wildman–Crippen MR) is 107 cm³/mol. The molecule has 0 aliphatic heterocycles. The van der Waals surface area contributed by atoms with Crippen molar-refractivity contribution in [1.29, 1.82) is 0 Å². The van der Waals surface area contributed by atoms with Gasteiger partial charge in [0, 0.05) is 10.8 Å². The maximum atomic E-state index is 12.6. The van der Waals surface area contributed by atoms with Crippen LogP contribution in [0.2, 0.25) is 5.02 Å². The molecule has 0 fully saturated rings. The van der Waals surface area contributed by atoms with Crippen molar-refractivity contribution < 1.29 is 38.5 Å². The van der Waals surface area contributed by atoms with E-state index in [-0.39, 0.29) is 26.7 Å². The lowest BCUT2D eigenvalue weighted by Gasteiger charge is -2.13. The van der Waals surface area contributed by atoms with Crippen molar-refractivity contribution in [3.63, 3.8) is 0 Å². The molecule has 0 aliphatic carbocycles. The summed E-state index contributed by atoms with van der Waals surface area (Å²) in [6, 6.07) is 7.92. The molecule has 0 aliphatic rings. The number of nitrogens with two attached hydrogens (primary N) is 1. The molecule has 0 bridgehead atoms. The summed E-state index contributed by atoms with van der Waals surface area (Å²) < 4.78 is 95.0. The first-order valence-corrected chi connectivity index (χ1v) is 12.4. The Bertz CT molecular complexity index is 1500. The molecular weight excluding hydrogens is 482 g/mol. The van der Waals surface area contributed by atoms with Crippen LogP contribution in [0.4, 0.5) is 5.69 Å². The van der Waals surface area contributed by atoms with Crippen LogP contribution >= 0.6 is 11.6 Å². The van der Waals surface area contributed by atoms with Gasteiger partial charge in [-0.3, -0.25) is 9.11 Å². The van der Waals surface area contributed by atoms with Crippen LogP contribution in [0.15, 0.2) is 63.2 Å². The van der Waals surface area contributed by atoms with Crippen molar-refractivity contribution >= 4 is 58.4 Å². The highest BCUT2D eigenvalue weighted by molar-refractivity contribution is 7.87. The zero-order valence-corrected chi connectivity index (χ0v) is 17.8. The molecule has 10 nitrogen and oxygen atoms in total. The lowest BCUT2D eigenvalue weighted by atomic mass is 10.1. The highest BCUT2D eigenvalue weighted by Gasteiger charge is 2.23. The van der Waals surface area contributed by atoms with E-state index in [2.05, 4.69) is 0 Å². The summed E-state index contributed by atoms with van der Waals surface area (Å²) in [7, 11) is -14.0. The molecule has 3 rings (SSSR count). The molecule has 0 unspecified atom stereocenters. The van der Waals surface area contributed by atoms with Gasteiger partial charge in [0.2, 0.25) is 0 Å². The fourth-order valence-corrected chi connectivity index (χ4v) is 4.87. The molecule has 0 spiro atoms. The minimum atomic E-state index is -4.83. The largest absolute Gasteiger partial charge is 0.397 e. The predicted octanol–water partition coefficient (Wildman–Crippen LogP) is 2.34. The van der Waals surface area contributed by atoms with Crippen LogP contribution in [-0.2, 0) is 30.4 Å². The lowest BCUT2D eigenvalue weighted by molar-refractivity contribution is 0.479. The Morgan fingerprint density at radius 3 is 1.97 bits per heavy atom. The van der Waals surface area contributed by atoms with Gasteiger partial charge in [-0.15, -0.1) is 0 Å². The maximum absolute atomic E-state index is 12.6. The number of nitrogen functional groups attached to an aromatic ring is 1. The highest BCUT2D eigenvalue weighted by Crippen LogP contribution is 2.35. The van der Waals surface area contributed by atoms with Crippen molar-refractivity contribution in [2.75, 3.05) is 5.73 Å². The first-order chi connectivity index (χ1) is 13.7. The SMILES string of the molecule is Nc1cc(S(=O)(=O)Oc2ccc(S(=O)(=O)O)c3cc(S(=O)(=O)O)ccc23)ccc1Cl. The summed E-state index contributed by atoms with van der Waals surface area (Å²) in [5, 5.41) is -0.436. The van der Waals surface area contributed by atoms with Crippen LogP contribution in [0.5, 0.6) is 5.75 Å². The summed E-state index contributed by atoms with van der Waals surface area (Å²) in [6.45, 7) is 0. The summed E-state index contributed by atoms with van der Waals surface area (Å²) in [6.07, 6.45) is 0. The van der Waals surface area contributed by atoms with Gasteiger partial charge in [-0.05, 0) is 48.5 Å². The normalized spacial score (nSPS) is 12.8. The molecule has 14 heteroatoms. The third-order valence-corrected chi connectivity index (χ3v) is 7.28. The van der Waals surface area contributed by atoms with Gasteiger partial charge in [0.15, 0.2) is 5.75 Å². The molecule has 0 atom stereocenters. The van der Waals surface area contributed by atoms with Crippen molar-refractivity contribution in [2.24, 2.45) is 0 Å². The highest BCUT2D eigenvalue weighted by atomic mass is 35.5. The smallest absolute Gasteiger partial charge is 0.339 e. The number of benzene rings is 3. The van der Waals surface area contributed by atoms with E-state index in [4.69, 9.17) is 21.5 Å². The van der Waals surface area contributed by atoms with E-state index in [0.29, 0.717) is 0 Å². The first-order valence-electron chi connectivity index (χ1n) is 7.71. The topological polar surface area (TPSA) is 178 Å². The summed E-state index contributed by atoms with van der Waals surface area (Å²) in [5.41, 5.74) is 5.58. The van der Waals surface area contributed by atoms with Crippen molar-refractivity contribution in [3.8, 4) is 5.75 Å². The standard InChI is InChI=1S/C16H12ClNO9S3/c17-13-4-2-10(8-14(13)18)30(25,26)27-15-5-6-16(29(22,23)24)12-7-9(28(19,20)21)1-3-11(12)15/h1-8H,18H2,(H,19,20,21)(H,22,23,24). The molecule has 0 saturated carbocycles. The fourth-order valence-electron chi connectivity index (χ4n) is 2.57. The lowest BCUT2D eigenvalue weighted by Crippen LogP contribution is -2.11. The minimum absolute atomic E-state index is 0.0225. The van der Waals surface area contributed by atoms with Gasteiger partial charge in [0.25, 0.3) is 20.2 Å². The Hall–Kier alpha value is -2.42. The van der Waals surface area contributed by atoms with Gasteiger partial charge < -0.3 is 9.92 Å². The van der Waals surface area contributed by atoms with Gasteiger partial charge in [0.05, 0.1) is 15.6 Å². The van der Waals surface area contributed by atoms with E-state index in [1.165, 1.54) is 6.07 Å². The summed E-state index contributed by atoms with van der Waals surface area (Å²) in [5.74, 6) is -0.368. The van der Waals surface area contributed by atoms with Crippen molar-refractivity contribution in [2.45, 2.75) is 14.7 Å². The Balaban J connectivity index is 2.23.